The summed E-state index contributed by atoms with van der Waals surface area (Å²) in [5.41, 5.74) is 7.40. The van der Waals surface area contributed by atoms with Crippen LogP contribution in [0.1, 0.15) is 38.3 Å². The molecule has 3 N–H and O–H groups in total. The van der Waals surface area contributed by atoms with E-state index in [2.05, 4.69) is 5.32 Å². The molecule has 1 amide bonds. The highest BCUT2D eigenvalue weighted by atomic mass is 16.6. The highest BCUT2D eigenvalue weighted by Crippen LogP contribution is 2.12. The minimum Gasteiger partial charge on any atom is -0.460 e. The number of carbonyl (C=O) groups excluding carboxylic acids is 2. The van der Waals surface area contributed by atoms with E-state index in [1.807, 2.05) is 60.7 Å². The summed E-state index contributed by atoms with van der Waals surface area (Å²) in [6.07, 6.45) is -0.846. The van der Waals surface area contributed by atoms with Gasteiger partial charge in [-0.2, -0.15) is 0 Å². The molecular weight excluding hydrogens is 396 g/mol. The van der Waals surface area contributed by atoms with Gasteiger partial charge in [0.25, 0.3) is 0 Å². The van der Waals surface area contributed by atoms with Gasteiger partial charge in [-0.15, -0.1) is 0 Å². The molecule has 0 saturated heterocycles. The van der Waals surface area contributed by atoms with Crippen LogP contribution >= 0.6 is 0 Å². The number of hydrogen-bond acceptors (Lipinski definition) is 6. The summed E-state index contributed by atoms with van der Waals surface area (Å²) in [5, 5.41) is 2.67. The zero-order valence-corrected chi connectivity index (χ0v) is 18.4. The van der Waals surface area contributed by atoms with E-state index < -0.39 is 29.8 Å². The van der Waals surface area contributed by atoms with Crippen LogP contribution < -0.4 is 11.1 Å². The smallest absolute Gasteiger partial charge is 0.407 e. The second kappa shape index (κ2) is 12.1. The normalized spacial score (nSPS) is 13.2. The predicted molar refractivity (Wildman–Crippen MR) is 118 cm³/mol. The van der Waals surface area contributed by atoms with Crippen molar-refractivity contribution in [1.29, 1.82) is 0 Å². The van der Waals surface area contributed by atoms with Crippen LogP contribution in [-0.4, -0.2) is 36.4 Å². The number of carbonyl (C=O) groups is 2. The molecule has 168 valence electrons. The molecule has 0 aliphatic rings. The Kier molecular flexibility index (Phi) is 9.49. The fourth-order valence-electron chi connectivity index (χ4n) is 2.75. The van der Waals surface area contributed by atoms with Gasteiger partial charge in [0.05, 0.1) is 12.7 Å². The van der Waals surface area contributed by atoms with E-state index in [-0.39, 0.29) is 19.8 Å². The zero-order chi connectivity index (χ0) is 22.7. The lowest BCUT2D eigenvalue weighted by molar-refractivity contribution is -0.151. The molecule has 0 radical (unpaired) electrons. The topological polar surface area (TPSA) is 99.9 Å². The van der Waals surface area contributed by atoms with E-state index in [0.29, 0.717) is 6.42 Å². The molecule has 2 atom stereocenters. The minimum absolute atomic E-state index is 0.134. The molecule has 7 heteroatoms. The van der Waals surface area contributed by atoms with Crippen LogP contribution in [0.2, 0.25) is 0 Å². The number of nitrogens with two attached hydrogens (primary N) is 1. The van der Waals surface area contributed by atoms with Crippen molar-refractivity contribution in [2.24, 2.45) is 5.73 Å². The fourth-order valence-corrected chi connectivity index (χ4v) is 2.75. The highest BCUT2D eigenvalue weighted by molar-refractivity contribution is 5.76. The molecule has 0 aliphatic heterocycles. The number of ether oxygens (including phenoxy) is 3. The van der Waals surface area contributed by atoms with Gasteiger partial charge in [0, 0.05) is 6.54 Å². The van der Waals surface area contributed by atoms with Gasteiger partial charge in [-0.05, 0) is 38.3 Å². The van der Waals surface area contributed by atoms with E-state index >= 15 is 0 Å². The first-order chi connectivity index (χ1) is 14.7. The summed E-state index contributed by atoms with van der Waals surface area (Å²) < 4.78 is 16.5. The number of hydrogen-bond donors (Lipinski definition) is 2. The standard InChI is InChI=1S/C24H32N2O5/c1-24(2,3)31-23(28)26-15-14-20(29-16-18-10-6-4-7-11-18)21(25)22(27)30-17-19-12-8-5-9-13-19/h4-13,20-21H,14-17,25H2,1-3H3,(H,26,28)/t20-,21-/m0/s1. The second-order valence-electron chi connectivity index (χ2n) is 8.17. The molecule has 2 aromatic carbocycles. The lowest BCUT2D eigenvalue weighted by Gasteiger charge is -2.24. The fraction of sp³-hybridized carbons (Fsp3) is 0.417. The lowest BCUT2D eigenvalue weighted by Crippen LogP contribution is -2.46. The molecule has 7 nitrogen and oxygen atoms in total. The van der Waals surface area contributed by atoms with E-state index in [4.69, 9.17) is 19.9 Å². The first-order valence-electron chi connectivity index (χ1n) is 10.3. The van der Waals surface area contributed by atoms with Gasteiger partial charge in [0.1, 0.15) is 18.2 Å². The first-order valence-corrected chi connectivity index (χ1v) is 10.3. The maximum Gasteiger partial charge on any atom is 0.407 e. The largest absolute Gasteiger partial charge is 0.460 e. The van der Waals surface area contributed by atoms with Crippen LogP contribution in [0, 0.1) is 0 Å². The Hall–Kier alpha value is -2.90. The molecule has 2 aromatic rings. The van der Waals surface area contributed by atoms with Crippen molar-refractivity contribution in [3.05, 3.63) is 71.8 Å². The van der Waals surface area contributed by atoms with Crippen molar-refractivity contribution in [1.82, 2.24) is 5.32 Å². The van der Waals surface area contributed by atoms with Crippen LogP contribution in [0.4, 0.5) is 4.79 Å². The van der Waals surface area contributed by atoms with Crippen LogP contribution in [0.25, 0.3) is 0 Å². The van der Waals surface area contributed by atoms with Crippen molar-refractivity contribution < 1.29 is 23.8 Å². The van der Waals surface area contributed by atoms with Crippen LogP contribution in [0.15, 0.2) is 60.7 Å². The summed E-state index contributed by atoms with van der Waals surface area (Å²) in [5.74, 6) is -0.556. The third kappa shape index (κ3) is 9.63. The number of alkyl carbamates (subject to hydrolysis) is 1. The van der Waals surface area contributed by atoms with Crippen LogP contribution in [0.5, 0.6) is 0 Å². The van der Waals surface area contributed by atoms with Crippen LogP contribution in [-0.2, 0) is 32.2 Å². The molecule has 0 heterocycles. The molecule has 0 aliphatic carbocycles. The van der Waals surface area contributed by atoms with Crippen LogP contribution in [0.3, 0.4) is 0 Å². The van der Waals surface area contributed by atoms with Crippen molar-refractivity contribution in [2.45, 2.75) is 58.2 Å². The van der Waals surface area contributed by atoms with Gasteiger partial charge in [-0.3, -0.25) is 4.79 Å². The quantitative estimate of drug-likeness (QED) is 0.562. The summed E-state index contributed by atoms with van der Waals surface area (Å²) >= 11 is 0. The Balaban J connectivity index is 1.92. The van der Waals surface area contributed by atoms with Gasteiger partial charge in [-0.25, -0.2) is 4.79 Å². The minimum atomic E-state index is -0.993. The maximum absolute atomic E-state index is 12.5. The molecule has 0 spiro atoms. The van der Waals surface area contributed by atoms with E-state index in [1.54, 1.807) is 20.8 Å². The zero-order valence-electron chi connectivity index (χ0n) is 18.4. The first kappa shape index (κ1) is 24.4. The molecule has 0 bridgehead atoms. The SMILES string of the molecule is CC(C)(C)OC(=O)NCC[C@H](OCc1ccccc1)[C@H](N)C(=O)OCc1ccccc1. The maximum atomic E-state index is 12.5. The van der Waals surface area contributed by atoms with Crippen molar-refractivity contribution in [2.75, 3.05) is 6.54 Å². The number of benzene rings is 2. The third-order valence-corrected chi connectivity index (χ3v) is 4.30. The van der Waals surface area contributed by atoms with Gasteiger partial charge >= 0.3 is 12.1 Å². The Labute approximate surface area is 183 Å². The molecule has 0 unspecified atom stereocenters. The van der Waals surface area contributed by atoms with E-state index in [9.17, 15) is 9.59 Å². The van der Waals surface area contributed by atoms with Crippen molar-refractivity contribution >= 4 is 12.1 Å². The summed E-state index contributed by atoms with van der Waals surface area (Å²) in [7, 11) is 0. The molecule has 0 saturated carbocycles. The molecule has 0 fully saturated rings. The molecule has 31 heavy (non-hydrogen) atoms. The lowest BCUT2D eigenvalue weighted by atomic mass is 10.1. The monoisotopic (exact) mass is 428 g/mol. The Morgan fingerprint density at radius 1 is 0.935 bits per heavy atom. The molecule has 2 rings (SSSR count). The second-order valence-corrected chi connectivity index (χ2v) is 8.17. The Bertz CT molecular complexity index is 806. The predicted octanol–water partition coefficient (Wildman–Crippen LogP) is 3.56. The number of amides is 1. The van der Waals surface area contributed by atoms with Gasteiger partial charge < -0.3 is 25.3 Å². The Morgan fingerprint density at radius 3 is 2.03 bits per heavy atom. The van der Waals surface area contributed by atoms with Gasteiger partial charge in [-0.1, -0.05) is 60.7 Å². The van der Waals surface area contributed by atoms with Crippen molar-refractivity contribution in [3.63, 3.8) is 0 Å². The third-order valence-electron chi connectivity index (χ3n) is 4.30. The summed E-state index contributed by atoms with van der Waals surface area (Å²) in [6, 6.07) is 18.0. The van der Waals surface area contributed by atoms with Gasteiger partial charge in [0.15, 0.2) is 0 Å². The van der Waals surface area contributed by atoms with Gasteiger partial charge in [0.2, 0.25) is 0 Å². The van der Waals surface area contributed by atoms with E-state index in [0.717, 1.165) is 11.1 Å². The number of nitrogens with one attached hydrogen (secondary N) is 1. The van der Waals surface area contributed by atoms with E-state index in [1.165, 1.54) is 0 Å². The summed E-state index contributed by atoms with van der Waals surface area (Å²) in [6.45, 7) is 6.03. The summed E-state index contributed by atoms with van der Waals surface area (Å²) in [4.78, 5) is 24.4. The number of rotatable bonds is 10. The molecule has 0 aromatic heterocycles. The average molecular weight is 429 g/mol. The molecular formula is C24H32N2O5. The highest BCUT2D eigenvalue weighted by Gasteiger charge is 2.27. The average Bonchev–Trinajstić information content (AvgIpc) is 2.74. The Morgan fingerprint density at radius 2 is 1.48 bits per heavy atom. The van der Waals surface area contributed by atoms with Crippen molar-refractivity contribution in [3.8, 4) is 0 Å². The number of esters is 1.